The standard InChI is InChI=1S/C12H19ClN8/c1-12(2,3)18-5-6(4-14)19-11-20-9(16)7(8(13)15)10(17)21-11/h4-5,14-15,18H,1-3H3,(H5,16,17,19,20,21)/b6-5+,14-4?,15-8?. The summed E-state index contributed by atoms with van der Waals surface area (Å²) in [6.07, 6.45) is 2.73. The topological polar surface area (TPSA) is 150 Å². The molecule has 0 aliphatic carbocycles. The SMILES string of the molecule is CC(C)(C)N/C=C(\C=N)Nc1nc(N)c(C(=N)Cl)c(N)n1. The zero-order chi connectivity index (χ0) is 16.2. The van der Waals surface area contributed by atoms with E-state index in [4.69, 9.17) is 33.9 Å². The normalized spacial score (nSPS) is 11.9. The molecule has 8 nitrogen and oxygen atoms in total. The number of anilines is 3. The lowest BCUT2D eigenvalue weighted by Crippen LogP contribution is -2.32. The highest BCUT2D eigenvalue weighted by atomic mass is 35.5. The molecular weight excluding hydrogens is 292 g/mol. The summed E-state index contributed by atoms with van der Waals surface area (Å²) in [6.45, 7) is 5.95. The highest BCUT2D eigenvalue weighted by molar-refractivity contribution is 6.69. The second kappa shape index (κ2) is 6.40. The molecule has 8 N–H and O–H groups in total. The molecule has 0 saturated carbocycles. The van der Waals surface area contributed by atoms with Crippen LogP contribution in [0.4, 0.5) is 17.6 Å². The van der Waals surface area contributed by atoms with Gasteiger partial charge in [0.1, 0.15) is 16.8 Å². The van der Waals surface area contributed by atoms with Gasteiger partial charge in [-0.25, -0.2) is 0 Å². The highest BCUT2D eigenvalue weighted by Crippen LogP contribution is 2.20. The van der Waals surface area contributed by atoms with Gasteiger partial charge in [0, 0.05) is 18.0 Å². The lowest BCUT2D eigenvalue weighted by atomic mass is 10.1. The van der Waals surface area contributed by atoms with Crippen molar-refractivity contribution in [3.05, 3.63) is 17.5 Å². The Morgan fingerprint density at radius 1 is 1.24 bits per heavy atom. The minimum absolute atomic E-state index is 0.00175. The first kappa shape index (κ1) is 16.7. The predicted octanol–water partition coefficient (Wildman–Crippen LogP) is 1.50. The molecule has 0 bridgehead atoms. The van der Waals surface area contributed by atoms with Crippen molar-refractivity contribution < 1.29 is 0 Å². The highest BCUT2D eigenvalue weighted by Gasteiger charge is 2.14. The van der Waals surface area contributed by atoms with E-state index in [2.05, 4.69) is 20.6 Å². The van der Waals surface area contributed by atoms with Gasteiger partial charge < -0.3 is 27.5 Å². The van der Waals surface area contributed by atoms with Crippen molar-refractivity contribution in [3.63, 3.8) is 0 Å². The van der Waals surface area contributed by atoms with Crippen molar-refractivity contribution in [1.82, 2.24) is 15.3 Å². The second-order valence-electron chi connectivity index (χ2n) is 5.27. The molecule has 114 valence electrons. The van der Waals surface area contributed by atoms with Crippen LogP contribution in [0.2, 0.25) is 0 Å². The minimum Gasteiger partial charge on any atom is -0.385 e. The van der Waals surface area contributed by atoms with Crippen LogP contribution < -0.4 is 22.1 Å². The number of halogens is 1. The molecule has 0 aliphatic rings. The molecule has 1 aromatic heterocycles. The van der Waals surface area contributed by atoms with Crippen LogP contribution in [0.3, 0.4) is 0 Å². The van der Waals surface area contributed by atoms with Crippen LogP contribution in [0.25, 0.3) is 0 Å². The maximum absolute atomic E-state index is 7.37. The van der Waals surface area contributed by atoms with Gasteiger partial charge in [-0.05, 0) is 20.8 Å². The van der Waals surface area contributed by atoms with Crippen LogP contribution in [0, 0.1) is 10.8 Å². The molecule has 0 atom stereocenters. The van der Waals surface area contributed by atoms with E-state index < -0.39 is 0 Å². The summed E-state index contributed by atoms with van der Waals surface area (Å²) in [5.41, 5.74) is 11.8. The van der Waals surface area contributed by atoms with Crippen molar-refractivity contribution >= 4 is 40.6 Å². The van der Waals surface area contributed by atoms with Crippen LogP contribution in [0.15, 0.2) is 11.9 Å². The molecule has 0 saturated heterocycles. The lowest BCUT2D eigenvalue weighted by molar-refractivity contribution is 0.490. The number of allylic oxidation sites excluding steroid dienone is 1. The predicted molar refractivity (Wildman–Crippen MR) is 86.9 cm³/mol. The van der Waals surface area contributed by atoms with Gasteiger partial charge >= 0.3 is 0 Å². The van der Waals surface area contributed by atoms with Gasteiger partial charge in [0.15, 0.2) is 0 Å². The van der Waals surface area contributed by atoms with Crippen LogP contribution >= 0.6 is 11.6 Å². The summed E-state index contributed by atoms with van der Waals surface area (Å²) in [6, 6.07) is 0. The Morgan fingerprint density at radius 3 is 2.14 bits per heavy atom. The summed E-state index contributed by atoms with van der Waals surface area (Å²) in [5, 5.41) is 20.3. The van der Waals surface area contributed by atoms with Crippen molar-refractivity contribution in [2.45, 2.75) is 26.3 Å². The molecule has 0 aliphatic heterocycles. The number of nitrogen functional groups attached to an aromatic ring is 2. The number of nitrogens with one attached hydrogen (secondary N) is 4. The molecule has 0 fully saturated rings. The zero-order valence-corrected chi connectivity index (χ0v) is 12.8. The Balaban J connectivity index is 3.02. The molecule has 9 heteroatoms. The molecule has 0 radical (unpaired) electrons. The van der Waals surface area contributed by atoms with E-state index >= 15 is 0 Å². The summed E-state index contributed by atoms with van der Waals surface area (Å²) in [5.74, 6) is 0.119. The van der Waals surface area contributed by atoms with E-state index in [1.54, 1.807) is 6.20 Å². The van der Waals surface area contributed by atoms with Crippen molar-refractivity contribution in [2.75, 3.05) is 16.8 Å². The third-order valence-electron chi connectivity index (χ3n) is 2.26. The number of nitrogens with two attached hydrogens (primary N) is 2. The van der Waals surface area contributed by atoms with Crippen LogP contribution in [0.5, 0.6) is 0 Å². The minimum atomic E-state index is -0.325. The lowest BCUT2D eigenvalue weighted by Gasteiger charge is -2.19. The average Bonchev–Trinajstić information content (AvgIpc) is 2.31. The Hall–Kier alpha value is -2.35. The van der Waals surface area contributed by atoms with Gasteiger partial charge in [0.25, 0.3) is 0 Å². The van der Waals surface area contributed by atoms with Crippen molar-refractivity contribution in [2.24, 2.45) is 0 Å². The van der Waals surface area contributed by atoms with Gasteiger partial charge in [0.05, 0.1) is 11.3 Å². The van der Waals surface area contributed by atoms with Crippen molar-refractivity contribution in [3.8, 4) is 0 Å². The first-order valence-corrected chi connectivity index (χ1v) is 6.44. The molecule has 0 amide bonds. The number of hydrogen-bond acceptors (Lipinski definition) is 8. The number of rotatable bonds is 5. The number of nitrogens with zero attached hydrogens (tertiary/aromatic N) is 2. The number of aromatic nitrogens is 2. The van der Waals surface area contributed by atoms with Crippen LogP contribution in [0.1, 0.15) is 26.3 Å². The maximum atomic E-state index is 7.37. The zero-order valence-electron chi connectivity index (χ0n) is 12.1. The Morgan fingerprint density at radius 2 is 1.76 bits per heavy atom. The summed E-state index contributed by atoms with van der Waals surface area (Å²) < 4.78 is 0. The largest absolute Gasteiger partial charge is 0.385 e. The second-order valence-corrected chi connectivity index (χ2v) is 5.65. The smallest absolute Gasteiger partial charge is 0.231 e. The maximum Gasteiger partial charge on any atom is 0.231 e. The molecular formula is C12H19ClN8. The summed E-state index contributed by atoms with van der Waals surface area (Å²) in [7, 11) is 0. The van der Waals surface area contributed by atoms with E-state index in [0.717, 1.165) is 6.21 Å². The quantitative estimate of drug-likeness (QED) is 0.454. The van der Waals surface area contributed by atoms with Gasteiger partial charge in [-0.3, -0.25) is 5.41 Å². The Labute approximate surface area is 128 Å². The third-order valence-corrected chi connectivity index (χ3v) is 2.45. The van der Waals surface area contributed by atoms with Gasteiger partial charge in [-0.2, -0.15) is 9.97 Å². The number of hydrogen-bond donors (Lipinski definition) is 6. The van der Waals surface area contributed by atoms with Crippen LogP contribution in [-0.4, -0.2) is 26.9 Å². The fraction of sp³-hybridized carbons (Fsp3) is 0.333. The van der Waals surface area contributed by atoms with E-state index in [1.807, 2.05) is 20.8 Å². The molecule has 1 rings (SSSR count). The van der Waals surface area contributed by atoms with Crippen LogP contribution in [-0.2, 0) is 0 Å². The summed E-state index contributed by atoms with van der Waals surface area (Å²) >= 11 is 5.56. The molecule has 0 spiro atoms. The fourth-order valence-electron chi connectivity index (χ4n) is 1.31. The van der Waals surface area contributed by atoms with Gasteiger partial charge in [0.2, 0.25) is 5.95 Å². The fourth-order valence-corrected chi connectivity index (χ4v) is 1.51. The first-order valence-electron chi connectivity index (χ1n) is 6.07. The first-order chi connectivity index (χ1) is 9.64. The third kappa shape index (κ3) is 4.92. The van der Waals surface area contributed by atoms with E-state index in [-0.39, 0.29) is 33.9 Å². The average molecular weight is 311 g/mol. The monoisotopic (exact) mass is 310 g/mol. The van der Waals surface area contributed by atoms with Gasteiger partial charge in [-0.1, -0.05) is 11.6 Å². The van der Waals surface area contributed by atoms with E-state index in [0.29, 0.717) is 5.70 Å². The van der Waals surface area contributed by atoms with Crippen molar-refractivity contribution in [1.29, 1.82) is 10.8 Å². The summed E-state index contributed by atoms with van der Waals surface area (Å²) in [4.78, 5) is 7.93. The molecule has 21 heavy (non-hydrogen) atoms. The molecule has 1 heterocycles. The van der Waals surface area contributed by atoms with E-state index in [9.17, 15) is 0 Å². The Kier molecular flexibility index (Phi) is 5.09. The van der Waals surface area contributed by atoms with E-state index in [1.165, 1.54) is 0 Å². The molecule has 1 aromatic rings. The Bertz CT molecular complexity index is 564. The molecule has 0 aromatic carbocycles. The molecule has 0 unspecified atom stereocenters. The van der Waals surface area contributed by atoms with Gasteiger partial charge in [-0.15, -0.1) is 0 Å².